The Kier molecular flexibility index (Phi) is 4.39. The molecule has 0 saturated heterocycles. The Morgan fingerprint density at radius 2 is 2.18 bits per heavy atom. The Bertz CT molecular complexity index is 466. The smallest absolute Gasteiger partial charge is 0.277 e. The normalized spacial score (nSPS) is 12.2. The molecule has 1 amide bonds. The highest BCUT2D eigenvalue weighted by Gasteiger charge is 2.15. The maximum Gasteiger partial charge on any atom is 0.277 e. The lowest BCUT2D eigenvalue weighted by Crippen LogP contribution is -2.33. The number of aromatic nitrogens is 2. The maximum absolute atomic E-state index is 11.8. The number of carbonyl (C=O) groups is 1. The SMILES string of the molecule is Cc1n[nH]c(=O)c(C(=O)NCCC(C)O)c1C. The van der Waals surface area contributed by atoms with E-state index in [1.807, 2.05) is 0 Å². The summed E-state index contributed by atoms with van der Waals surface area (Å²) in [7, 11) is 0. The molecule has 0 saturated carbocycles. The fraction of sp³-hybridized carbons (Fsp3) is 0.545. The van der Waals surface area contributed by atoms with Crippen molar-refractivity contribution in [3.05, 3.63) is 27.2 Å². The van der Waals surface area contributed by atoms with Gasteiger partial charge in [-0.1, -0.05) is 0 Å². The van der Waals surface area contributed by atoms with E-state index in [4.69, 9.17) is 5.11 Å². The molecular weight excluding hydrogens is 222 g/mol. The molecule has 6 nitrogen and oxygen atoms in total. The Labute approximate surface area is 99.1 Å². The predicted octanol–water partition coefficient (Wildman–Crippen LogP) is -0.113. The summed E-state index contributed by atoms with van der Waals surface area (Å²) < 4.78 is 0. The molecule has 0 spiro atoms. The van der Waals surface area contributed by atoms with Crippen LogP contribution in [-0.4, -0.2) is 33.9 Å². The molecule has 17 heavy (non-hydrogen) atoms. The van der Waals surface area contributed by atoms with Crippen molar-refractivity contribution in [2.24, 2.45) is 0 Å². The predicted molar refractivity (Wildman–Crippen MR) is 63.0 cm³/mol. The van der Waals surface area contributed by atoms with Crippen molar-refractivity contribution in [1.82, 2.24) is 15.5 Å². The van der Waals surface area contributed by atoms with E-state index in [0.717, 1.165) is 0 Å². The summed E-state index contributed by atoms with van der Waals surface area (Å²) in [4.78, 5) is 23.3. The van der Waals surface area contributed by atoms with Gasteiger partial charge in [0.05, 0.1) is 11.8 Å². The number of aliphatic hydroxyl groups is 1. The van der Waals surface area contributed by atoms with Crippen LogP contribution in [0.5, 0.6) is 0 Å². The summed E-state index contributed by atoms with van der Waals surface area (Å²) in [6, 6.07) is 0. The summed E-state index contributed by atoms with van der Waals surface area (Å²) in [6.45, 7) is 5.37. The van der Waals surface area contributed by atoms with Crippen LogP contribution in [0, 0.1) is 13.8 Å². The number of nitrogens with one attached hydrogen (secondary N) is 2. The number of aryl methyl sites for hydroxylation is 1. The van der Waals surface area contributed by atoms with Crippen molar-refractivity contribution in [1.29, 1.82) is 0 Å². The van der Waals surface area contributed by atoms with E-state index in [2.05, 4.69) is 15.5 Å². The van der Waals surface area contributed by atoms with Gasteiger partial charge in [-0.25, -0.2) is 5.10 Å². The maximum atomic E-state index is 11.8. The van der Waals surface area contributed by atoms with Crippen LogP contribution in [0.3, 0.4) is 0 Å². The second kappa shape index (κ2) is 5.58. The van der Waals surface area contributed by atoms with Gasteiger partial charge in [0.2, 0.25) is 0 Å². The van der Waals surface area contributed by atoms with E-state index in [-0.39, 0.29) is 5.56 Å². The summed E-state index contributed by atoms with van der Waals surface area (Å²) in [5.74, 6) is -0.435. The fourth-order valence-electron chi connectivity index (χ4n) is 1.38. The number of amides is 1. The van der Waals surface area contributed by atoms with Crippen molar-refractivity contribution in [2.75, 3.05) is 6.54 Å². The second-order valence-electron chi connectivity index (χ2n) is 4.03. The standard InChI is InChI=1S/C11H17N3O3/c1-6(15)4-5-12-10(16)9-7(2)8(3)13-14-11(9)17/h6,15H,4-5H2,1-3H3,(H,12,16)(H,14,17). The van der Waals surface area contributed by atoms with Crippen LogP contribution in [0.2, 0.25) is 0 Å². The van der Waals surface area contributed by atoms with E-state index < -0.39 is 17.6 Å². The molecule has 1 unspecified atom stereocenters. The third kappa shape index (κ3) is 3.39. The summed E-state index contributed by atoms with van der Waals surface area (Å²) >= 11 is 0. The van der Waals surface area contributed by atoms with E-state index >= 15 is 0 Å². The fourth-order valence-corrected chi connectivity index (χ4v) is 1.38. The molecule has 1 aromatic heterocycles. The summed E-state index contributed by atoms with van der Waals surface area (Å²) in [6.07, 6.45) is -0.0268. The third-order valence-electron chi connectivity index (χ3n) is 2.54. The van der Waals surface area contributed by atoms with Crippen molar-refractivity contribution >= 4 is 5.91 Å². The minimum absolute atomic E-state index is 0.0862. The summed E-state index contributed by atoms with van der Waals surface area (Å²) in [5.41, 5.74) is 0.777. The first-order valence-corrected chi connectivity index (χ1v) is 5.45. The molecule has 0 aliphatic carbocycles. The number of aliphatic hydroxyl groups excluding tert-OH is 1. The Hall–Kier alpha value is -1.69. The van der Waals surface area contributed by atoms with Gasteiger partial charge in [-0.15, -0.1) is 0 Å². The van der Waals surface area contributed by atoms with Crippen LogP contribution < -0.4 is 10.9 Å². The number of carbonyl (C=O) groups excluding carboxylic acids is 1. The first kappa shape index (κ1) is 13.4. The van der Waals surface area contributed by atoms with Crippen molar-refractivity contribution in [2.45, 2.75) is 33.3 Å². The molecule has 1 atom stereocenters. The highest BCUT2D eigenvalue weighted by atomic mass is 16.3. The molecule has 1 aromatic rings. The van der Waals surface area contributed by atoms with Crippen LogP contribution >= 0.6 is 0 Å². The molecule has 0 fully saturated rings. The van der Waals surface area contributed by atoms with E-state index in [9.17, 15) is 9.59 Å². The zero-order valence-electron chi connectivity index (χ0n) is 10.2. The van der Waals surface area contributed by atoms with Crippen molar-refractivity contribution in [3.8, 4) is 0 Å². The first-order valence-electron chi connectivity index (χ1n) is 5.45. The zero-order valence-corrected chi connectivity index (χ0v) is 10.2. The number of hydrogen-bond acceptors (Lipinski definition) is 4. The minimum Gasteiger partial charge on any atom is -0.393 e. The van der Waals surface area contributed by atoms with Crippen LogP contribution in [-0.2, 0) is 0 Å². The average Bonchev–Trinajstić information content (AvgIpc) is 2.23. The Balaban J connectivity index is 2.82. The molecule has 6 heteroatoms. The van der Waals surface area contributed by atoms with Crippen LogP contribution in [0.15, 0.2) is 4.79 Å². The lowest BCUT2D eigenvalue weighted by atomic mass is 10.1. The van der Waals surface area contributed by atoms with Crippen LogP contribution in [0.1, 0.15) is 35.0 Å². The summed E-state index contributed by atoms with van der Waals surface area (Å²) in [5, 5.41) is 17.7. The van der Waals surface area contributed by atoms with Gasteiger partial charge in [0.1, 0.15) is 5.56 Å². The molecular formula is C11H17N3O3. The molecule has 0 radical (unpaired) electrons. The number of H-pyrrole nitrogens is 1. The topological polar surface area (TPSA) is 95.1 Å². The van der Waals surface area contributed by atoms with Crippen LogP contribution in [0.25, 0.3) is 0 Å². The van der Waals surface area contributed by atoms with Gasteiger partial charge in [0.15, 0.2) is 0 Å². The molecule has 0 aliphatic heterocycles. The van der Waals surface area contributed by atoms with Gasteiger partial charge in [-0.05, 0) is 32.8 Å². The van der Waals surface area contributed by atoms with E-state index in [1.165, 1.54) is 0 Å². The second-order valence-corrected chi connectivity index (χ2v) is 4.03. The van der Waals surface area contributed by atoms with Gasteiger partial charge in [0, 0.05) is 6.54 Å². The lowest BCUT2D eigenvalue weighted by molar-refractivity contribution is 0.0943. The number of rotatable bonds is 4. The molecule has 0 aromatic carbocycles. The van der Waals surface area contributed by atoms with Gasteiger partial charge >= 0.3 is 0 Å². The third-order valence-corrected chi connectivity index (χ3v) is 2.54. The molecule has 1 rings (SSSR count). The zero-order chi connectivity index (χ0) is 13.0. The molecule has 94 valence electrons. The molecule has 1 heterocycles. The number of aromatic amines is 1. The first-order chi connectivity index (χ1) is 7.93. The highest BCUT2D eigenvalue weighted by Crippen LogP contribution is 2.04. The van der Waals surface area contributed by atoms with Gasteiger partial charge in [0.25, 0.3) is 11.5 Å². The highest BCUT2D eigenvalue weighted by molar-refractivity contribution is 5.95. The van der Waals surface area contributed by atoms with Gasteiger partial charge in [-0.2, -0.15) is 5.10 Å². The number of nitrogens with zero attached hydrogens (tertiary/aromatic N) is 1. The molecule has 3 N–H and O–H groups in total. The lowest BCUT2D eigenvalue weighted by Gasteiger charge is -2.08. The van der Waals surface area contributed by atoms with Gasteiger partial charge in [-0.3, -0.25) is 9.59 Å². The van der Waals surface area contributed by atoms with Crippen LogP contribution in [0.4, 0.5) is 0 Å². The minimum atomic E-state index is -0.498. The van der Waals surface area contributed by atoms with E-state index in [0.29, 0.717) is 24.2 Å². The molecule has 0 aliphatic rings. The monoisotopic (exact) mass is 239 g/mol. The Morgan fingerprint density at radius 1 is 1.53 bits per heavy atom. The largest absolute Gasteiger partial charge is 0.393 e. The van der Waals surface area contributed by atoms with E-state index in [1.54, 1.807) is 20.8 Å². The number of hydrogen-bond donors (Lipinski definition) is 3. The molecule has 0 bridgehead atoms. The van der Waals surface area contributed by atoms with Crippen molar-refractivity contribution in [3.63, 3.8) is 0 Å². The Morgan fingerprint density at radius 3 is 2.76 bits per heavy atom. The van der Waals surface area contributed by atoms with Crippen molar-refractivity contribution < 1.29 is 9.90 Å². The quantitative estimate of drug-likeness (QED) is 0.683. The average molecular weight is 239 g/mol. The van der Waals surface area contributed by atoms with Gasteiger partial charge < -0.3 is 10.4 Å².